The van der Waals surface area contributed by atoms with Gasteiger partial charge in [-0.1, -0.05) is 102 Å². The van der Waals surface area contributed by atoms with Gasteiger partial charge in [-0.3, -0.25) is 0 Å². The van der Waals surface area contributed by atoms with Crippen molar-refractivity contribution < 1.29 is 39.3 Å². The maximum Gasteiger partial charge on any atom is 2.00 e. The molecule has 0 aliphatic rings. The minimum absolute atomic E-state index is 0. The van der Waals surface area contributed by atoms with Gasteiger partial charge in [0.05, 0.1) is 0 Å². The van der Waals surface area contributed by atoms with Crippen LogP contribution in [0.1, 0.15) is 142 Å². The number of rotatable bonds is 22. The Hall–Kier alpha value is -0.957. The second-order valence-corrected chi connectivity index (χ2v) is 8.58. The number of hydrogen-bond acceptors (Lipinski definition) is 4. The van der Waals surface area contributed by atoms with Crippen molar-refractivity contribution in [1.82, 2.24) is 0 Å². The van der Waals surface area contributed by atoms with Crippen LogP contribution < -0.4 is 10.2 Å². The summed E-state index contributed by atoms with van der Waals surface area (Å²) in [6.45, 7) is 4.42. The van der Waals surface area contributed by atoms with Crippen LogP contribution in [-0.2, 0) is 29.1 Å². The van der Waals surface area contributed by atoms with Gasteiger partial charge in [-0.05, 0) is 64.2 Å². The zero-order valence-electron chi connectivity index (χ0n) is 21.8. The second kappa shape index (κ2) is 33.2. The van der Waals surface area contributed by atoms with Gasteiger partial charge in [0, 0.05) is 11.9 Å². The summed E-state index contributed by atoms with van der Waals surface area (Å²) < 4.78 is 0. The number of unbranched alkanes of at least 4 members (excludes halogenated alkanes) is 14. The number of allylic oxidation sites excluding steroid dienone is 4. The third-order valence-electron chi connectivity index (χ3n) is 5.29. The fourth-order valence-corrected chi connectivity index (χ4v) is 3.24. The third-order valence-corrected chi connectivity index (χ3v) is 5.29. The summed E-state index contributed by atoms with van der Waals surface area (Å²) in [5.41, 5.74) is 0. The molecular formula is C28H50O4Zn. The summed E-state index contributed by atoms with van der Waals surface area (Å²) in [5, 5.41) is 20.3. The van der Waals surface area contributed by atoms with Gasteiger partial charge in [-0.25, -0.2) is 0 Å². The van der Waals surface area contributed by atoms with Crippen molar-refractivity contribution in [2.24, 2.45) is 0 Å². The smallest absolute Gasteiger partial charge is 0.550 e. The van der Waals surface area contributed by atoms with E-state index in [2.05, 4.69) is 38.2 Å². The van der Waals surface area contributed by atoms with Gasteiger partial charge in [0.2, 0.25) is 0 Å². The molecule has 0 bridgehead atoms. The van der Waals surface area contributed by atoms with Crippen LogP contribution in [0.2, 0.25) is 0 Å². The molecule has 0 aliphatic carbocycles. The molecule has 0 aromatic heterocycles. The number of aliphatic carboxylic acids is 2. The fourth-order valence-electron chi connectivity index (χ4n) is 3.24. The molecule has 33 heavy (non-hydrogen) atoms. The van der Waals surface area contributed by atoms with Crippen LogP contribution in [0.4, 0.5) is 0 Å². The molecule has 0 rings (SSSR count). The van der Waals surface area contributed by atoms with Crippen molar-refractivity contribution in [2.75, 3.05) is 0 Å². The third kappa shape index (κ3) is 41.8. The summed E-state index contributed by atoms with van der Waals surface area (Å²) in [5.74, 6) is -1.84. The number of carbonyl (C=O) groups is 2. The monoisotopic (exact) mass is 514 g/mol. The summed E-state index contributed by atoms with van der Waals surface area (Å²) in [6, 6.07) is 0. The molecule has 0 saturated carbocycles. The molecule has 0 unspecified atom stereocenters. The average molecular weight is 516 g/mol. The first kappa shape index (κ1) is 36.6. The van der Waals surface area contributed by atoms with Crippen molar-refractivity contribution in [1.29, 1.82) is 0 Å². The van der Waals surface area contributed by atoms with Gasteiger partial charge in [-0.15, -0.1) is 0 Å². The van der Waals surface area contributed by atoms with E-state index in [4.69, 9.17) is 0 Å². The van der Waals surface area contributed by atoms with Gasteiger partial charge in [-0.2, -0.15) is 0 Å². The Labute approximate surface area is 217 Å². The predicted molar refractivity (Wildman–Crippen MR) is 132 cm³/mol. The quantitative estimate of drug-likeness (QED) is 0.0945. The number of carbonyl (C=O) groups excluding carboxylic acids is 2. The first-order chi connectivity index (χ1) is 15.5. The largest absolute Gasteiger partial charge is 2.00 e. The van der Waals surface area contributed by atoms with Crippen LogP contribution >= 0.6 is 0 Å². The first-order valence-corrected chi connectivity index (χ1v) is 13.2. The molecule has 0 aliphatic heterocycles. The van der Waals surface area contributed by atoms with Crippen molar-refractivity contribution >= 4 is 11.9 Å². The Morgan fingerprint density at radius 3 is 1.06 bits per heavy atom. The molecule has 188 valence electrons. The van der Waals surface area contributed by atoms with Crippen molar-refractivity contribution in [2.45, 2.75) is 142 Å². The standard InChI is InChI=1S/2C14H26O2.Zn/c2*1-2-3-4-5-6-7-8-9-10-11-12-13-14(15)16;/h2*5-6H,2-4,7-13H2,1H3,(H,15,16);/q;;+2/p-2/b2*6-5-;. The van der Waals surface area contributed by atoms with E-state index in [1.165, 1.54) is 77.0 Å². The molecule has 5 heteroatoms. The summed E-state index contributed by atoms with van der Waals surface area (Å²) in [6.07, 6.45) is 30.2. The number of carboxylic acid groups (broad SMARTS) is 2. The Morgan fingerprint density at radius 2 is 0.758 bits per heavy atom. The normalized spacial score (nSPS) is 10.7. The number of hydrogen-bond donors (Lipinski definition) is 0. The SMILES string of the molecule is CCCC/C=C\CCCCCCCC(=O)[O-].CCCC/C=C\CCCCCCCC(=O)[O-].[Zn+2]. The summed E-state index contributed by atoms with van der Waals surface area (Å²) in [4.78, 5) is 20.3. The first-order valence-electron chi connectivity index (χ1n) is 13.2. The second-order valence-electron chi connectivity index (χ2n) is 8.58. The van der Waals surface area contributed by atoms with E-state index >= 15 is 0 Å². The minimum atomic E-state index is -0.918. The Balaban J connectivity index is -0.000000529. The summed E-state index contributed by atoms with van der Waals surface area (Å²) >= 11 is 0. The molecule has 4 nitrogen and oxygen atoms in total. The molecule has 0 spiro atoms. The number of carboxylic acids is 2. The zero-order chi connectivity index (χ0) is 24.1. The molecule has 0 radical (unpaired) electrons. The van der Waals surface area contributed by atoms with E-state index in [9.17, 15) is 19.8 Å². The van der Waals surface area contributed by atoms with Crippen LogP contribution in [-0.4, -0.2) is 11.9 Å². The Kier molecular flexibility index (Phi) is 36.9. The van der Waals surface area contributed by atoms with Crippen molar-refractivity contribution in [3.63, 3.8) is 0 Å². The van der Waals surface area contributed by atoms with E-state index in [0.717, 1.165) is 38.5 Å². The van der Waals surface area contributed by atoms with Gasteiger partial charge in [0.1, 0.15) is 0 Å². The molecule has 0 heterocycles. The van der Waals surface area contributed by atoms with E-state index < -0.39 is 11.9 Å². The topological polar surface area (TPSA) is 80.3 Å². The molecule has 0 N–H and O–H groups in total. The molecule has 0 atom stereocenters. The van der Waals surface area contributed by atoms with Crippen LogP contribution in [0, 0.1) is 0 Å². The molecule has 0 saturated heterocycles. The fraction of sp³-hybridized carbons (Fsp3) is 0.786. The summed E-state index contributed by atoms with van der Waals surface area (Å²) in [7, 11) is 0. The van der Waals surface area contributed by atoms with Crippen LogP contribution in [0.5, 0.6) is 0 Å². The average Bonchev–Trinajstić information content (AvgIpc) is 2.76. The van der Waals surface area contributed by atoms with E-state index in [1.807, 2.05) is 0 Å². The van der Waals surface area contributed by atoms with Crippen LogP contribution in [0.15, 0.2) is 24.3 Å². The van der Waals surface area contributed by atoms with Gasteiger partial charge in [0.15, 0.2) is 0 Å². The molecule has 0 fully saturated rings. The van der Waals surface area contributed by atoms with E-state index in [-0.39, 0.29) is 32.3 Å². The Bertz CT molecular complexity index is 419. The van der Waals surface area contributed by atoms with Gasteiger partial charge < -0.3 is 19.8 Å². The van der Waals surface area contributed by atoms with E-state index in [1.54, 1.807) is 0 Å². The van der Waals surface area contributed by atoms with Crippen LogP contribution in [0.25, 0.3) is 0 Å². The molecule has 0 aromatic carbocycles. The zero-order valence-corrected chi connectivity index (χ0v) is 24.8. The molecule has 0 amide bonds. The maximum atomic E-state index is 10.1. The van der Waals surface area contributed by atoms with Crippen molar-refractivity contribution in [3.05, 3.63) is 24.3 Å². The van der Waals surface area contributed by atoms with Gasteiger partial charge in [0.25, 0.3) is 0 Å². The van der Waals surface area contributed by atoms with E-state index in [0.29, 0.717) is 0 Å². The molecular weight excluding hydrogens is 466 g/mol. The van der Waals surface area contributed by atoms with Crippen LogP contribution in [0.3, 0.4) is 0 Å². The Morgan fingerprint density at radius 1 is 0.485 bits per heavy atom. The predicted octanol–water partition coefficient (Wildman–Crippen LogP) is 6.42. The minimum Gasteiger partial charge on any atom is -0.550 e. The van der Waals surface area contributed by atoms with Gasteiger partial charge >= 0.3 is 19.5 Å². The maximum absolute atomic E-state index is 10.1. The molecule has 0 aromatic rings. The van der Waals surface area contributed by atoms with Crippen molar-refractivity contribution in [3.8, 4) is 0 Å².